The third-order valence-electron chi connectivity index (χ3n) is 3.74. The summed E-state index contributed by atoms with van der Waals surface area (Å²) in [6.45, 7) is 1.41. The Kier molecular flexibility index (Phi) is 6.32. The lowest BCUT2D eigenvalue weighted by molar-refractivity contribution is 0.0164. The first-order chi connectivity index (χ1) is 11.9. The van der Waals surface area contributed by atoms with Crippen LogP contribution in [0, 0.1) is 12.7 Å². The van der Waals surface area contributed by atoms with Crippen molar-refractivity contribution >= 4 is 11.8 Å². The molecular formula is C18H21FN2O4. The molecule has 1 amide bonds. The zero-order valence-electron chi connectivity index (χ0n) is 13.8. The van der Waals surface area contributed by atoms with Gasteiger partial charge in [0.1, 0.15) is 24.6 Å². The number of amides is 1. The summed E-state index contributed by atoms with van der Waals surface area (Å²) in [6.07, 6.45) is -3.70. The number of anilines is 1. The van der Waals surface area contributed by atoms with Crippen LogP contribution in [0.2, 0.25) is 0 Å². The summed E-state index contributed by atoms with van der Waals surface area (Å²) < 4.78 is 18.9. The maximum atomic E-state index is 13.9. The molecule has 0 spiro atoms. The lowest BCUT2D eigenvalue weighted by atomic mass is 10.0. The number of carbonyl (C=O) groups is 1. The van der Waals surface area contributed by atoms with E-state index < -0.39 is 24.1 Å². The van der Waals surface area contributed by atoms with Gasteiger partial charge in [0, 0.05) is 17.8 Å². The van der Waals surface area contributed by atoms with E-state index in [2.05, 4.69) is 5.32 Å². The Morgan fingerprint density at radius 3 is 2.64 bits per heavy atom. The normalized spacial score (nSPS) is 13.1. The number of hydrogen-bond acceptors (Lipinski definition) is 5. The zero-order chi connectivity index (χ0) is 18.4. The number of halogens is 1. The molecule has 25 heavy (non-hydrogen) atoms. The largest absolute Gasteiger partial charge is 0.445 e. The van der Waals surface area contributed by atoms with Gasteiger partial charge in [0.2, 0.25) is 0 Å². The number of aliphatic hydroxyl groups excluding tert-OH is 2. The van der Waals surface area contributed by atoms with Crippen molar-refractivity contribution in [3.05, 3.63) is 65.0 Å². The van der Waals surface area contributed by atoms with Gasteiger partial charge >= 0.3 is 6.09 Å². The minimum Gasteiger partial charge on any atom is -0.445 e. The molecule has 7 heteroatoms. The summed E-state index contributed by atoms with van der Waals surface area (Å²) in [7, 11) is 0. The van der Waals surface area contributed by atoms with E-state index in [0.717, 1.165) is 5.56 Å². The predicted molar refractivity (Wildman–Crippen MR) is 91.1 cm³/mol. The van der Waals surface area contributed by atoms with Gasteiger partial charge < -0.3 is 26.0 Å². The molecule has 5 N–H and O–H groups in total. The van der Waals surface area contributed by atoms with Crippen LogP contribution in [-0.2, 0) is 11.3 Å². The fraction of sp³-hybridized carbons (Fsp3) is 0.278. The average molecular weight is 348 g/mol. The molecule has 2 atom stereocenters. The molecule has 0 aliphatic carbocycles. The van der Waals surface area contributed by atoms with Crippen molar-refractivity contribution in [3.63, 3.8) is 0 Å². The first-order valence-electron chi connectivity index (χ1n) is 7.74. The van der Waals surface area contributed by atoms with Crippen molar-refractivity contribution in [1.82, 2.24) is 5.32 Å². The number of benzene rings is 2. The molecule has 0 radical (unpaired) electrons. The van der Waals surface area contributed by atoms with E-state index in [1.54, 1.807) is 19.1 Å². The highest BCUT2D eigenvalue weighted by molar-refractivity contribution is 5.67. The minimum atomic E-state index is -1.53. The highest BCUT2D eigenvalue weighted by Gasteiger charge is 2.23. The standard InChI is InChI=1S/C18H21FN2O4/c1-11-7-14(19)13(8-15(11)20)17(23)16(22)9-21-18(24)25-10-12-5-3-2-4-6-12/h2-8,16-17,22-23H,9-10,20H2,1H3,(H,21,24). The number of nitrogen functional groups attached to an aromatic ring is 1. The van der Waals surface area contributed by atoms with Gasteiger partial charge in [-0.15, -0.1) is 0 Å². The predicted octanol–water partition coefficient (Wildman–Crippen LogP) is 2.04. The molecule has 2 rings (SSSR count). The van der Waals surface area contributed by atoms with E-state index in [1.165, 1.54) is 12.1 Å². The second kappa shape index (κ2) is 8.46. The minimum absolute atomic E-state index is 0.0778. The van der Waals surface area contributed by atoms with Crippen LogP contribution in [0.3, 0.4) is 0 Å². The Bertz CT molecular complexity index is 725. The Hall–Kier alpha value is -2.64. The first-order valence-corrected chi connectivity index (χ1v) is 7.74. The summed E-state index contributed by atoms with van der Waals surface area (Å²) in [5.74, 6) is -0.676. The van der Waals surface area contributed by atoms with Crippen LogP contribution in [0.1, 0.15) is 22.8 Å². The molecule has 0 bridgehead atoms. The average Bonchev–Trinajstić information content (AvgIpc) is 2.61. The van der Waals surface area contributed by atoms with Crippen molar-refractivity contribution in [3.8, 4) is 0 Å². The van der Waals surface area contributed by atoms with Crippen molar-refractivity contribution in [2.24, 2.45) is 0 Å². The third-order valence-corrected chi connectivity index (χ3v) is 3.74. The number of rotatable bonds is 6. The maximum absolute atomic E-state index is 13.9. The number of nitrogens with one attached hydrogen (secondary N) is 1. The van der Waals surface area contributed by atoms with Crippen LogP contribution in [0.4, 0.5) is 14.9 Å². The molecule has 134 valence electrons. The van der Waals surface area contributed by atoms with Crippen LogP contribution in [-0.4, -0.2) is 29.0 Å². The first kappa shape index (κ1) is 18.7. The van der Waals surface area contributed by atoms with Gasteiger partial charge in [-0.25, -0.2) is 9.18 Å². The molecule has 0 aliphatic rings. The number of carbonyl (C=O) groups excluding carboxylic acids is 1. The highest BCUT2D eigenvalue weighted by atomic mass is 19.1. The van der Waals surface area contributed by atoms with Gasteiger partial charge in [-0.2, -0.15) is 0 Å². The van der Waals surface area contributed by atoms with Crippen LogP contribution in [0.5, 0.6) is 0 Å². The molecule has 2 unspecified atom stereocenters. The number of alkyl carbamates (subject to hydrolysis) is 1. The summed E-state index contributed by atoms with van der Waals surface area (Å²) in [5, 5.41) is 22.4. The zero-order valence-corrected chi connectivity index (χ0v) is 13.8. The van der Waals surface area contributed by atoms with E-state index in [-0.39, 0.29) is 18.7 Å². The SMILES string of the molecule is Cc1cc(F)c(C(O)C(O)CNC(=O)OCc2ccccc2)cc1N. The van der Waals surface area contributed by atoms with E-state index in [1.807, 2.05) is 18.2 Å². The van der Waals surface area contributed by atoms with E-state index in [4.69, 9.17) is 10.5 Å². The summed E-state index contributed by atoms with van der Waals surface area (Å²) in [4.78, 5) is 11.6. The van der Waals surface area contributed by atoms with Crippen LogP contribution in [0.25, 0.3) is 0 Å². The van der Waals surface area contributed by atoms with Gasteiger partial charge in [-0.1, -0.05) is 30.3 Å². The Morgan fingerprint density at radius 1 is 1.28 bits per heavy atom. The lowest BCUT2D eigenvalue weighted by Gasteiger charge is -2.20. The van der Waals surface area contributed by atoms with Crippen LogP contribution in [0.15, 0.2) is 42.5 Å². The number of aliphatic hydroxyl groups is 2. The van der Waals surface area contributed by atoms with E-state index >= 15 is 0 Å². The molecule has 0 saturated heterocycles. The van der Waals surface area contributed by atoms with Crippen molar-refractivity contribution in [1.29, 1.82) is 0 Å². The summed E-state index contributed by atoms with van der Waals surface area (Å²) >= 11 is 0. The molecule has 2 aromatic carbocycles. The number of nitrogens with two attached hydrogens (primary N) is 1. The van der Waals surface area contributed by atoms with Crippen LogP contribution >= 0.6 is 0 Å². The molecule has 0 aromatic heterocycles. The topological polar surface area (TPSA) is 105 Å². The molecule has 0 saturated carbocycles. The summed E-state index contributed by atoms with van der Waals surface area (Å²) in [6, 6.07) is 11.5. The Labute approximate surface area is 145 Å². The van der Waals surface area contributed by atoms with Crippen LogP contribution < -0.4 is 11.1 Å². The number of hydrogen-bond donors (Lipinski definition) is 4. The molecule has 2 aromatic rings. The van der Waals surface area contributed by atoms with E-state index in [9.17, 15) is 19.4 Å². The lowest BCUT2D eigenvalue weighted by Crippen LogP contribution is -2.36. The van der Waals surface area contributed by atoms with Crippen molar-refractivity contribution in [2.45, 2.75) is 25.7 Å². The van der Waals surface area contributed by atoms with Gasteiger partial charge in [-0.05, 0) is 30.2 Å². The quantitative estimate of drug-likeness (QED) is 0.598. The fourth-order valence-corrected chi connectivity index (χ4v) is 2.21. The number of aryl methyl sites for hydroxylation is 1. The molecule has 0 fully saturated rings. The molecule has 0 aliphatic heterocycles. The van der Waals surface area contributed by atoms with Gasteiger partial charge in [0.25, 0.3) is 0 Å². The maximum Gasteiger partial charge on any atom is 0.407 e. The smallest absolute Gasteiger partial charge is 0.407 e. The third kappa shape index (κ3) is 5.17. The molecule has 6 nitrogen and oxygen atoms in total. The second-order valence-electron chi connectivity index (χ2n) is 5.69. The number of ether oxygens (including phenoxy) is 1. The Morgan fingerprint density at radius 2 is 1.96 bits per heavy atom. The van der Waals surface area contributed by atoms with Crippen molar-refractivity contribution in [2.75, 3.05) is 12.3 Å². The van der Waals surface area contributed by atoms with Gasteiger partial charge in [0.05, 0.1) is 0 Å². The highest BCUT2D eigenvalue weighted by Crippen LogP contribution is 2.25. The monoisotopic (exact) mass is 348 g/mol. The van der Waals surface area contributed by atoms with Gasteiger partial charge in [0.15, 0.2) is 0 Å². The van der Waals surface area contributed by atoms with Gasteiger partial charge in [-0.3, -0.25) is 0 Å². The fourth-order valence-electron chi connectivity index (χ4n) is 2.21. The summed E-state index contributed by atoms with van der Waals surface area (Å²) in [5.41, 5.74) is 7.22. The Balaban J connectivity index is 1.86. The van der Waals surface area contributed by atoms with E-state index in [0.29, 0.717) is 11.3 Å². The molecular weight excluding hydrogens is 327 g/mol. The second-order valence-corrected chi connectivity index (χ2v) is 5.69. The molecule has 0 heterocycles. The van der Waals surface area contributed by atoms with Crippen molar-refractivity contribution < 1.29 is 24.1 Å².